The number of hydrogen-bond acceptors (Lipinski definition) is 5. The van der Waals surface area contributed by atoms with Crippen molar-refractivity contribution in [2.24, 2.45) is 5.41 Å². The van der Waals surface area contributed by atoms with Crippen LogP contribution in [-0.2, 0) is 37.9 Å². The van der Waals surface area contributed by atoms with Crippen molar-refractivity contribution in [3.63, 3.8) is 0 Å². The van der Waals surface area contributed by atoms with Crippen molar-refractivity contribution in [3.05, 3.63) is 58.7 Å². The average Bonchev–Trinajstić information content (AvgIpc) is 2.62. The van der Waals surface area contributed by atoms with E-state index in [0.717, 1.165) is 11.1 Å². The fourth-order valence-corrected chi connectivity index (χ4v) is 5.88. The number of Topliss-reactive ketones (excluding diaryl/α,β-unsaturated/α-hetero) is 1. The molecule has 0 aromatic heterocycles. The molecule has 3 rings (SSSR count). The Morgan fingerprint density at radius 2 is 1.16 bits per heavy atom. The molecule has 168 valence electrons. The lowest BCUT2D eigenvalue weighted by atomic mass is 9.66. The molecule has 0 bridgehead atoms. The van der Waals surface area contributed by atoms with E-state index in [-0.39, 0.29) is 28.4 Å². The van der Waals surface area contributed by atoms with Crippen LogP contribution in [0, 0.1) is 19.3 Å². The van der Waals surface area contributed by atoms with Crippen molar-refractivity contribution >= 4 is 26.0 Å². The highest BCUT2D eigenvalue weighted by Gasteiger charge is 2.37. The second-order valence-electron chi connectivity index (χ2n) is 8.56. The first-order valence-corrected chi connectivity index (χ1v) is 12.8. The molecule has 1 fully saturated rings. The van der Waals surface area contributed by atoms with Crippen LogP contribution in [0.2, 0.25) is 0 Å². The van der Waals surface area contributed by atoms with Gasteiger partial charge in [-0.3, -0.25) is 13.9 Å². The van der Waals surface area contributed by atoms with Gasteiger partial charge >= 0.3 is 0 Å². The first kappa shape index (κ1) is 23.6. The molecule has 2 aromatic rings. The summed E-state index contributed by atoms with van der Waals surface area (Å²) in [4.78, 5) is 11.6. The molecule has 0 aliphatic heterocycles. The molecular weight excluding hydrogens is 440 g/mol. The molecule has 0 atom stereocenters. The number of carbonyl (C=O) groups excluding carboxylic acids is 1. The van der Waals surface area contributed by atoms with E-state index in [2.05, 4.69) is 0 Å². The zero-order valence-corrected chi connectivity index (χ0v) is 19.1. The van der Waals surface area contributed by atoms with Crippen LogP contribution < -0.4 is 0 Å². The van der Waals surface area contributed by atoms with Crippen molar-refractivity contribution in [3.8, 4) is 0 Å². The van der Waals surface area contributed by atoms with Crippen LogP contribution in [0.15, 0.2) is 46.2 Å². The summed E-state index contributed by atoms with van der Waals surface area (Å²) in [6.07, 6.45) is 2.00. The van der Waals surface area contributed by atoms with E-state index in [1.807, 2.05) is 13.8 Å². The minimum atomic E-state index is -4.45. The number of benzene rings is 2. The number of ketones is 1. The Bertz CT molecular complexity index is 1130. The van der Waals surface area contributed by atoms with E-state index >= 15 is 0 Å². The third-order valence-corrected chi connectivity index (χ3v) is 7.90. The van der Waals surface area contributed by atoms with Crippen molar-refractivity contribution in [1.82, 2.24) is 0 Å². The van der Waals surface area contributed by atoms with Crippen molar-refractivity contribution in [2.45, 2.75) is 62.2 Å². The van der Waals surface area contributed by atoms with Gasteiger partial charge in [0.1, 0.15) is 5.78 Å². The lowest BCUT2D eigenvalue weighted by molar-refractivity contribution is -0.122. The van der Waals surface area contributed by atoms with Crippen molar-refractivity contribution in [1.29, 1.82) is 0 Å². The quantitative estimate of drug-likeness (QED) is 0.622. The molecule has 7 nitrogen and oxygen atoms in total. The highest BCUT2D eigenvalue weighted by molar-refractivity contribution is 7.86. The van der Waals surface area contributed by atoms with Gasteiger partial charge in [-0.1, -0.05) is 35.4 Å². The summed E-state index contributed by atoms with van der Waals surface area (Å²) >= 11 is 0. The molecule has 0 radical (unpaired) electrons. The maximum Gasteiger partial charge on any atom is 0.294 e. The predicted molar refractivity (Wildman–Crippen MR) is 115 cm³/mol. The van der Waals surface area contributed by atoms with E-state index in [0.29, 0.717) is 36.8 Å². The van der Waals surface area contributed by atoms with E-state index in [4.69, 9.17) is 0 Å². The van der Waals surface area contributed by atoms with Crippen LogP contribution in [-0.4, -0.2) is 31.7 Å². The third kappa shape index (κ3) is 5.60. The van der Waals surface area contributed by atoms with Gasteiger partial charge in [-0.05, 0) is 68.2 Å². The van der Waals surface area contributed by atoms with Crippen molar-refractivity contribution in [2.75, 3.05) is 0 Å². The summed E-state index contributed by atoms with van der Waals surface area (Å²) in [5, 5.41) is 0. The molecule has 1 aliphatic carbocycles. The Morgan fingerprint density at radius 3 is 1.52 bits per heavy atom. The van der Waals surface area contributed by atoms with Gasteiger partial charge < -0.3 is 0 Å². The minimum Gasteiger partial charge on any atom is -0.300 e. The third-order valence-electron chi connectivity index (χ3n) is 5.99. The fraction of sp³-hybridized carbons (Fsp3) is 0.409. The summed E-state index contributed by atoms with van der Waals surface area (Å²) in [7, 11) is -8.90. The summed E-state index contributed by atoms with van der Waals surface area (Å²) in [6.45, 7) is 3.62. The molecule has 0 saturated heterocycles. The molecule has 0 unspecified atom stereocenters. The Balaban J connectivity index is 2.11. The zero-order chi connectivity index (χ0) is 23.0. The van der Waals surface area contributed by atoms with Crippen LogP contribution in [0.3, 0.4) is 0 Å². The SMILES string of the molecule is Cc1ccc(S(=O)(=O)O)c(CC2(Cc3cc(C)ccc3S(=O)(=O)O)CCC(=O)CC2)c1. The Labute approximate surface area is 183 Å². The maximum absolute atomic E-state index is 11.9. The van der Waals surface area contributed by atoms with E-state index in [1.54, 1.807) is 24.3 Å². The molecule has 0 heterocycles. The second-order valence-corrected chi connectivity index (χ2v) is 11.3. The predicted octanol–water partition coefficient (Wildman–Crippen LogP) is 3.71. The molecular formula is C22H26O7S2. The van der Waals surface area contributed by atoms with Crippen molar-refractivity contribution < 1.29 is 30.7 Å². The molecule has 0 spiro atoms. The molecule has 2 aromatic carbocycles. The van der Waals surface area contributed by atoms with Gasteiger partial charge in [-0.25, -0.2) is 0 Å². The van der Waals surface area contributed by atoms with Crippen LogP contribution in [0.25, 0.3) is 0 Å². The van der Waals surface area contributed by atoms with Gasteiger partial charge in [0.25, 0.3) is 20.2 Å². The number of carbonyl (C=O) groups is 1. The van der Waals surface area contributed by atoms with Crippen LogP contribution in [0.1, 0.15) is 47.9 Å². The standard InChI is InChI=1S/C22H26O7S2/c1-15-3-5-20(30(24,25)26)17(11-15)13-22(9-7-19(23)8-10-22)14-18-12-16(2)4-6-21(18)31(27,28)29/h3-6,11-12H,7-10,13-14H2,1-2H3,(H,24,25,26)(H,27,28,29). The number of hydrogen-bond donors (Lipinski definition) is 2. The largest absolute Gasteiger partial charge is 0.300 e. The molecule has 2 N–H and O–H groups in total. The van der Waals surface area contributed by atoms with Gasteiger partial charge in [-0.15, -0.1) is 0 Å². The molecule has 1 saturated carbocycles. The normalized spacial score (nSPS) is 17.0. The fourth-order valence-electron chi connectivity index (χ4n) is 4.48. The minimum absolute atomic E-state index is 0.106. The summed E-state index contributed by atoms with van der Waals surface area (Å²) in [5.41, 5.74) is 1.89. The Hall–Kier alpha value is -2.07. The van der Waals surface area contributed by atoms with Crippen LogP contribution in [0.5, 0.6) is 0 Å². The average molecular weight is 467 g/mol. The van der Waals surface area contributed by atoms with Crippen LogP contribution >= 0.6 is 0 Å². The summed E-state index contributed by atoms with van der Waals surface area (Å²) in [5.74, 6) is 0.106. The Morgan fingerprint density at radius 1 is 0.774 bits per heavy atom. The first-order chi connectivity index (χ1) is 14.3. The van der Waals surface area contributed by atoms with Gasteiger partial charge in [-0.2, -0.15) is 16.8 Å². The van der Waals surface area contributed by atoms with E-state index < -0.39 is 25.7 Å². The highest BCUT2D eigenvalue weighted by atomic mass is 32.2. The monoisotopic (exact) mass is 466 g/mol. The molecule has 9 heteroatoms. The van der Waals surface area contributed by atoms with E-state index in [1.165, 1.54) is 12.1 Å². The Kier molecular flexibility index (Phi) is 6.44. The second kappa shape index (κ2) is 8.46. The zero-order valence-electron chi connectivity index (χ0n) is 17.5. The topological polar surface area (TPSA) is 126 Å². The lowest BCUT2D eigenvalue weighted by Gasteiger charge is -2.38. The van der Waals surface area contributed by atoms with Crippen LogP contribution in [0.4, 0.5) is 0 Å². The maximum atomic E-state index is 11.9. The summed E-state index contributed by atoms with van der Waals surface area (Å²) in [6, 6.07) is 9.31. The number of aryl methyl sites for hydroxylation is 2. The molecule has 1 aliphatic rings. The smallest absolute Gasteiger partial charge is 0.294 e. The lowest BCUT2D eigenvalue weighted by Crippen LogP contribution is -2.33. The first-order valence-electron chi connectivity index (χ1n) is 9.95. The molecule has 31 heavy (non-hydrogen) atoms. The van der Waals surface area contributed by atoms with Gasteiger partial charge in [0.2, 0.25) is 0 Å². The van der Waals surface area contributed by atoms with Gasteiger partial charge in [0, 0.05) is 12.8 Å². The van der Waals surface area contributed by atoms with Gasteiger partial charge in [0.15, 0.2) is 0 Å². The summed E-state index contributed by atoms with van der Waals surface area (Å²) < 4.78 is 67.2. The number of rotatable bonds is 6. The molecule has 0 amide bonds. The van der Waals surface area contributed by atoms with E-state index in [9.17, 15) is 30.7 Å². The van der Waals surface area contributed by atoms with Gasteiger partial charge in [0.05, 0.1) is 9.79 Å². The highest BCUT2D eigenvalue weighted by Crippen LogP contribution is 2.43.